The number of piperazine rings is 1. The minimum atomic E-state index is -5.48. The Balaban J connectivity index is 0.970. The number of nitrogens with zero attached hydrogens (tertiary/aromatic N) is 5. The topological polar surface area (TPSA) is 200 Å². The minimum Gasteiger partial charge on any atom is -0.455 e. The smallest absolute Gasteiger partial charge is 0.455 e. The number of anilines is 2. The lowest BCUT2D eigenvalue weighted by Gasteiger charge is -2.39. The fourth-order valence-corrected chi connectivity index (χ4v) is 11.0. The summed E-state index contributed by atoms with van der Waals surface area (Å²) in [6, 6.07) is 19.4. The minimum absolute atomic E-state index is 0.0352. The van der Waals surface area contributed by atoms with Gasteiger partial charge in [0.1, 0.15) is 22.8 Å². The molecule has 4 heterocycles. The number of hydrogen-bond acceptors (Lipinski definition) is 12. The number of sulfonamides is 2. The highest BCUT2D eigenvalue weighted by atomic mass is 35.5. The van der Waals surface area contributed by atoms with Crippen LogP contribution >= 0.6 is 11.6 Å². The van der Waals surface area contributed by atoms with Gasteiger partial charge in [0.15, 0.2) is 0 Å². The number of nitrogens with one attached hydrogen (secondary N) is 3. The maximum atomic E-state index is 14.0. The van der Waals surface area contributed by atoms with E-state index < -0.39 is 47.0 Å². The van der Waals surface area contributed by atoms with Crippen LogP contribution in [0.1, 0.15) is 61.9 Å². The number of carbonyl (C=O) groups is 1. The first-order valence-electron chi connectivity index (χ1n) is 22.0. The van der Waals surface area contributed by atoms with Crippen LogP contribution in [-0.4, -0.2) is 105 Å². The van der Waals surface area contributed by atoms with E-state index in [9.17, 15) is 44.9 Å². The van der Waals surface area contributed by atoms with Crippen molar-refractivity contribution >= 4 is 71.2 Å². The van der Waals surface area contributed by atoms with Gasteiger partial charge in [-0.2, -0.15) is 17.5 Å². The van der Waals surface area contributed by atoms with Gasteiger partial charge in [0.2, 0.25) is 0 Å². The Morgan fingerprint density at radius 3 is 2.38 bits per heavy atom. The monoisotopic (exact) mass is 998 g/mol. The number of nitro benzene ring substituents is 1. The lowest BCUT2D eigenvalue weighted by Crippen LogP contribution is -2.47. The van der Waals surface area contributed by atoms with E-state index in [0.717, 1.165) is 68.2 Å². The third kappa shape index (κ3) is 10.9. The summed E-state index contributed by atoms with van der Waals surface area (Å²) in [5.41, 5.74) is -0.737. The van der Waals surface area contributed by atoms with Crippen molar-refractivity contribution in [3.63, 3.8) is 0 Å². The number of aromatic nitrogens is 2. The molecule has 8 rings (SSSR count). The molecular weight excluding hydrogens is 949 g/mol. The summed E-state index contributed by atoms with van der Waals surface area (Å²) in [6.45, 7) is 7.58. The van der Waals surface area contributed by atoms with E-state index in [-0.39, 0.29) is 66.6 Å². The molecule has 68 heavy (non-hydrogen) atoms. The fourth-order valence-electron chi connectivity index (χ4n) is 8.95. The zero-order valence-corrected chi connectivity index (χ0v) is 39.6. The number of benzene rings is 3. The summed E-state index contributed by atoms with van der Waals surface area (Å²) in [5.74, 6) is -1.07. The highest BCUT2D eigenvalue weighted by molar-refractivity contribution is 7.90. The van der Waals surface area contributed by atoms with Crippen LogP contribution in [0.5, 0.6) is 11.5 Å². The molecule has 2 aromatic heterocycles. The number of amides is 1. The summed E-state index contributed by atoms with van der Waals surface area (Å²) < 4.78 is 98.8. The van der Waals surface area contributed by atoms with E-state index in [2.05, 4.69) is 51.1 Å². The Hall–Kier alpha value is -5.74. The average molecular weight is 1000 g/mol. The normalized spacial score (nSPS) is 17.9. The molecule has 3 N–H and O–H groups in total. The van der Waals surface area contributed by atoms with Crippen molar-refractivity contribution in [2.75, 3.05) is 62.6 Å². The van der Waals surface area contributed by atoms with Crippen molar-refractivity contribution in [3.05, 3.63) is 117 Å². The number of alkyl halides is 3. The molecule has 1 aliphatic carbocycles. The number of piperidine rings is 1. The third-order valence-corrected chi connectivity index (χ3v) is 16.0. The largest absolute Gasteiger partial charge is 0.511 e. The maximum Gasteiger partial charge on any atom is 0.511 e. The lowest BCUT2D eigenvalue weighted by molar-refractivity contribution is -0.384. The summed E-state index contributed by atoms with van der Waals surface area (Å²) in [4.78, 5) is 36.7. The van der Waals surface area contributed by atoms with E-state index in [1.165, 1.54) is 29.0 Å². The van der Waals surface area contributed by atoms with E-state index in [1.54, 1.807) is 30.5 Å². The zero-order valence-electron chi connectivity index (χ0n) is 37.2. The molecule has 362 valence electrons. The molecule has 0 atom stereocenters. The van der Waals surface area contributed by atoms with Gasteiger partial charge in [-0.25, -0.2) is 26.5 Å². The fraction of sp³-hybridized carbons (Fsp3) is 0.391. The van der Waals surface area contributed by atoms with Gasteiger partial charge in [-0.1, -0.05) is 43.2 Å². The molecule has 16 nitrogen and oxygen atoms in total. The van der Waals surface area contributed by atoms with Crippen molar-refractivity contribution in [2.45, 2.75) is 56.4 Å². The van der Waals surface area contributed by atoms with Crippen LogP contribution in [0.15, 0.2) is 95.7 Å². The van der Waals surface area contributed by atoms with Gasteiger partial charge in [0, 0.05) is 86.8 Å². The number of H-pyrrole nitrogens is 1. The first-order chi connectivity index (χ1) is 32.2. The van der Waals surface area contributed by atoms with Crippen LogP contribution in [0.25, 0.3) is 16.6 Å². The van der Waals surface area contributed by atoms with Gasteiger partial charge in [0.05, 0.1) is 21.6 Å². The number of aromatic amines is 1. The number of pyridine rings is 1. The number of halogens is 4. The second-order valence-electron chi connectivity index (χ2n) is 18.1. The van der Waals surface area contributed by atoms with Crippen molar-refractivity contribution in [2.24, 2.45) is 11.3 Å². The highest BCUT2D eigenvalue weighted by Gasteiger charge is 2.50. The standard InChI is InChI=1S/C46H50ClF3N8O8S2/c1-45(2)15-11-33(39(26-45)31-3-5-34(47)6-4-31)29-55-19-21-56(22-20-55)35-7-9-38(42(24-35)66-36-23-32-12-16-51-43(32)53-28-36)44(59)54-67(62,63)37-8-10-40(41(25-37)58(60)61)52-27-30-13-17-57(18-14-30)68(64,65)46(48,49)50/h3-10,12,16,23-25,28,30,52H,11,13-15,17-22,26-27,29H2,1-2H3,(H,51,53)(H,54,59). The van der Waals surface area contributed by atoms with Gasteiger partial charge in [-0.3, -0.25) is 19.8 Å². The van der Waals surface area contributed by atoms with Crippen LogP contribution in [-0.2, 0) is 20.0 Å². The Labute approximate surface area is 396 Å². The predicted molar refractivity (Wildman–Crippen MR) is 253 cm³/mol. The second-order valence-corrected chi connectivity index (χ2v) is 22.2. The molecular formula is C46H50ClF3N8O8S2. The van der Waals surface area contributed by atoms with Crippen molar-refractivity contribution in [1.29, 1.82) is 0 Å². The molecule has 0 bridgehead atoms. The highest BCUT2D eigenvalue weighted by Crippen LogP contribution is 2.44. The number of allylic oxidation sites excluding steroid dienone is 1. The Morgan fingerprint density at radius 1 is 0.971 bits per heavy atom. The van der Waals surface area contributed by atoms with Gasteiger partial charge in [0.25, 0.3) is 21.6 Å². The van der Waals surface area contributed by atoms with Crippen LogP contribution in [0.4, 0.5) is 30.2 Å². The average Bonchev–Trinajstić information content (AvgIpc) is 3.77. The second kappa shape index (κ2) is 19.3. The molecule has 22 heteroatoms. The van der Waals surface area contributed by atoms with E-state index in [4.69, 9.17) is 16.3 Å². The van der Waals surface area contributed by atoms with E-state index in [0.29, 0.717) is 28.1 Å². The molecule has 0 radical (unpaired) electrons. The molecule has 3 aliphatic rings. The molecule has 2 aliphatic heterocycles. The summed E-state index contributed by atoms with van der Waals surface area (Å²) in [7, 11) is -10.2. The summed E-state index contributed by atoms with van der Waals surface area (Å²) in [6.07, 6.45) is 6.38. The number of rotatable bonds is 14. The van der Waals surface area contributed by atoms with Gasteiger partial charge >= 0.3 is 15.5 Å². The van der Waals surface area contributed by atoms with Crippen LogP contribution in [0.3, 0.4) is 0 Å². The van der Waals surface area contributed by atoms with Gasteiger partial charge in [-0.05, 0) is 103 Å². The third-order valence-electron chi connectivity index (χ3n) is 12.8. The zero-order chi connectivity index (χ0) is 48.6. The van der Waals surface area contributed by atoms with Crippen LogP contribution in [0, 0.1) is 21.4 Å². The van der Waals surface area contributed by atoms with E-state index >= 15 is 0 Å². The van der Waals surface area contributed by atoms with Crippen molar-refractivity contribution in [3.8, 4) is 11.5 Å². The number of ether oxygens (including phenoxy) is 1. The Morgan fingerprint density at radius 2 is 1.69 bits per heavy atom. The molecule has 0 saturated carbocycles. The number of carbonyl (C=O) groups excluding carboxylic acids is 1. The molecule has 0 spiro atoms. The summed E-state index contributed by atoms with van der Waals surface area (Å²) >= 11 is 6.23. The SMILES string of the molecule is CC1(C)CCC(CN2CCN(c3ccc(C(=O)NS(=O)(=O)c4ccc(NCC5CCN(S(=O)(=O)C(F)(F)F)CC5)c([N+](=O)[O-])c4)c(Oc4cnc5[nH]ccc5c4)c3)CC2)=C(c2ccc(Cl)cc2)C1. The number of fused-ring (bicyclic) bond motifs is 1. The Bertz CT molecular complexity index is 2970. The molecule has 2 fully saturated rings. The molecule has 3 aromatic carbocycles. The quantitative estimate of drug-likeness (QED) is 0.0707. The first kappa shape index (κ1) is 48.7. The number of nitro groups is 1. The molecule has 0 unspecified atom stereocenters. The molecule has 2 saturated heterocycles. The predicted octanol–water partition coefficient (Wildman–Crippen LogP) is 8.79. The molecule has 1 amide bonds. The van der Waals surface area contributed by atoms with Gasteiger partial charge < -0.3 is 19.9 Å². The summed E-state index contributed by atoms with van der Waals surface area (Å²) in [5, 5.41) is 16.4. The van der Waals surface area contributed by atoms with Crippen molar-refractivity contribution in [1.82, 2.24) is 23.9 Å². The van der Waals surface area contributed by atoms with Crippen LogP contribution in [0.2, 0.25) is 5.02 Å². The first-order valence-corrected chi connectivity index (χ1v) is 25.3. The van der Waals surface area contributed by atoms with Gasteiger partial charge in [-0.15, -0.1) is 0 Å². The van der Waals surface area contributed by atoms with Crippen molar-refractivity contribution < 1.29 is 44.5 Å². The number of hydrogen-bond donors (Lipinski definition) is 3. The Kier molecular flexibility index (Phi) is 13.8. The molecule has 5 aromatic rings. The maximum absolute atomic E-state index is 14.0. The van der Waals surface area contributed by atoms with E-state index in [1.807, 2.05) is 16.9 Å². The lowest BCUT2D eigenvalue weighted by atomic mass is 9.72. The van der Waals surface area contributed by atoms with Crippen LogP contribution < -0.4 is 19.7 Å².